The van der Waals surface area contributed by atoms with Crippen LogP contribution in [0.15, 0.2) is 11.6 Å². The van der Waals surface area contributed by atoms with Gasteiger partial charge in [0.2, 0.25) is 5.91 Å². The number of amides is 3. The quantitative estimate of drug-likeness (QED) is 0.697. The molecule has 2 N–H and O–H groups in total. The Kier molecular flexibility index (Phi) is 8.14. The molecule has 2 aliphatic rings. The summed E-state index contributed by atoms with van der Waals surface area (Å²) in [5, 5.41) is 5.79. The van der Waals surface area contributed by atoms with Gasteiger partial charge in [0, 0.05) is 45.7 Å². The molecule has 6 heteroatoms. The number of carbonyl (C=O) groups excluding carboxylic acids is 2. The predicted molar refractivity (Wildman–Crippen MR) is 109 cm³/mol. The van der Waals surface area contributed by atoms with Crippen molar-refractivity contribution in [3.8, 4) is 0 Å². The molecule has 0 aromatic rings. The third-order valence-corrected chi connectivity index (χ3v) is 6.20. The number of nitrogens with one attached hydrogen (secondary N) is 2. The number of hydrogen-bond acceptors (Lipinski definition) is 3. The lowest BCUT2D eigenvalue weighted by Gasteiger charge is -2.38. The van der Waals surface area contributed by atoms with E-state index in [9.17, 15) is 9.59 Å². The van der Waals surface area contributed by atoms with Crippen molar-refractivity contribution in [2.24, 2.45) is 23.7 Å². The summed E-state index contributed by atoms with van der Waals surface area (Å²) in [5.41, 5.74) is 1.30. The first kappa shape index (κ1) is 21.7. The van der Waals surface area contributed by atoms with Crippen LogP contribution in [0.1, 0.15) is 40.5 Å². The van der Waals surface area contributed by atoms with E-state index in [2.05, 4.69) is 49.4 Å². The Morgan fingerprint density at radius 3 is 2.44 bits per heavy atom. The topological polar surface area (TPSA) is 64.7 Å². The zero-order valence-electron chi connectivity index (χ0n) is 17.8. The van der Waals surface area contributed by atoms with Crippen molar-refractivity contribution in [1.82, 2.24) is 20.4 Å². The van der Waals surface area contributed by atoms with Crippen molar-refractivity contribution in [3.63, 3.8) is 0 Å². The maximum absolute atomic E-state index is 12.8. The Morgan fingerprint density at radius 2 is 1.85 bits per heavy atom. The number of allylic oxidation sites excluding steroid dienone is 1. The van der Waals surface area contributed by atoms with Crippen molar-refractivity contribution < 1.29 is 9.59 Å². The summed E-state index contributed by atoms with van der Waals surface area (Å²) in [7, 11) is 2.11. The van der Waals surface area contributed by atoms with Gasteiger partial charge in [0.05, 0.1) is 0 Å². The number of urea groups is 1. The third kappa shape index (κ3) is 6.23. The maximum atomic E-state index is 12.8. The van der Waals surface area contributed by atoms with Crippen LogP contribution in [-0.2, 0) is 4.79 Å². The van der Waals surface area contributed by atoms with Crippen molar-refractivity contribution in [3.05, 3.63) is 11.6 Å². The Balaban J connectivity index is 1.97. The fraction of sp³-hybridized carbons (Fsp3) is 0.810. The van der Waals surface area contributed by atoms with Gasteiger partial charge < -0.3 is 20.4 Å². The zero-order chi connectivity index (χ0) is 20.0. The molecule has 6 nitrogen and oxygen atoms in total. The molecule has 0 radical (unpaired) electrons. The predicted octanol–water partition coefficient (Wildman–Crippen LogP) is 2.32. The van der Waals surface area contributed by atoms with E-state index in [1.807, 2.05) is 11.8 Å². The summed E-state index contributed by atoms with van der Waals surface area (Å²) in [6.45, 7) is 13.5. The van der Waals surface area contributed by atoms with Crippen LogP contribution in [0.2, 0.25) is 0 Å². The summed E-state index contributed by atoms with van der Waals surface area (Å²) >= 11 is 0. The fourth-order valence-corrected chi connectivity index (χ4v) is 4.34. The molecule has 0 aromatic carbocycles. The van der Waals surface area contributed by atoms with Crippen molar-refractivity contribution in [1.29, 1.82) is 0 Å². The highest BCUT2D eigenvalue weighted by molar-refractivity contribution is 5.77. The van der Waals surface area contributed by atoms with E-state index in [0.717, 1.165) is 32.6 Å². The smallest absolute Gasteiger partial charge is 0.314 e. The molecule has 0 saturated carbocycles. The number of likely N-dealkylation sites (N-methyl/N-ethyl adjacent to an activating group) is 1. The Hall–Kier alpha value is -1.56. The van der Waals surface area contributed by atoms with Gasteiger partial charge in [-0.05, 0) is 51.0 Å². The first-order chi connectivity index (χ1) is 12.8. The highest BCUT2D eigenvalue weighted by Crippen LogP contribution is 2.39. The summed E-state index contributed by atoms with van der Waals surface area (Å²) in [4.78, 5) is 28.8. The minimum absolute atomic E-state index is 0.0987. The van der Waals surface area contributed by atoms with Gasteiger partial charge in [-0.2, -0.15) is 0 Å². The molecule has 0 spiro atoms. The van der Waals surface area contributed by atoms with Crippen LogP contribution in [0, 0.1) is 23.7 Å². The molecule has 154 valence electrons. The van der Waals surface area contributed by atoms with E-state index in [1.54, 1.807) is 0 Å². The van der Waals surface area contributed by atoms with Crippen molar-refractivity contribution in [2.75, 3.05) is 46.3 Å². The SMILES string of the molecule is CCNC(=O)NCC1C=C(C)C(CC(=O)N2CCN(C)CC2)CC1C(C)C. The van der Waals surface area contributed by atoms with Crippen LogP contribution in [-0.4, -0.2) is 68.1 Å². The molecule has 27 heavy (non-hydrogen) atoms. The lowest BCUT2D eigenvalue weighted by molar-refractivity contribution is -0.133. The molecule has 1 heterocycles. The second-order valence-electron chi connectivity index (χ2n) is 8.54. The summed E-state index contributed by atoms with van der Waals surface area (Å²) in [6.07, 6.45) is 3.95. The Bertz CT molecular complexity index is 538. The van der Waals surface area contributed by atoms with Gasteiger partial charge in [-0.25, -0.2) is 4.79 Å². The minimum atomic E-state index is -0.0987. The molecular formula is C21H38N4O2. The van der Waals surface area contributed by atoms with Crippen LogP contribution < -0.4 is 10.6 Å². The monoisotopic (exact) mass is 378 g/mol. The van der Waals surface area contributed by atoms with Gasteiger partial charge in [0.1, 0.15) is 0 Å². The molecular weight excluding hydrogens is 340 g/mol. The van der Waals surface area contributed by atoms with Crippen molar-refractivity contribution >= 4 is 11.9 Å². The highest BCUT2D eigenvalue weighted by atomic mass is 16.2. The molecule has 3 unspecified atom stereocenters. The van der Waals surface area contributed by atoms with Gasteiger partial charge in [0.15, 0.2) is 0 Å². The van der Waals surface area contributed by atoms with E-state index in [4.69, 9.17) is 0 Å². The van der Waals surface area contributed by atoms with Crippen LogP contribution in [0.4, 0.5) is 4.79 Å². The number of hydrogen-bond donors (Lipinski definition) is 2. The van der Waals surface area contributed by atoms with Crippen LogP contribution in [0.25, 0.3) is 0 Å². The van der Waals surface area contributed by atoms with Gasteiger partial charge in [-0.3, -0.25) is 4.79 Å². The minimum Gasteiger partial charge on any atom is -0.340 e. The molecule has 1 aliphatic heterocycles. The highest BCUT2D eigenvalue weighted by Gasteiger charge is 2.33. The van der Waals surface area contributed by atoms with Crippen LogP contribution >= 0.6 is 0 Å². The first-order valence-corrected chi connectivity index (χ1v) is 10.5. The van der Waals surface area contributed by atoms with E-state index in [1.165, 1.54) is 5.57 Å². The summed E-state index contributed by atoms with van der Waals surface area (Å²) in [5.74, 6) is 1.97. The van der Waals surface area contributed by atoms with E-state index in [-0.39, 0.29) is 6.03 Å². The van der Waals surface area contributed by atoms with Gasteiger partial charge in [-0.15, -0.1) is 0 Å². The number of nitrogens with zero attached hydrogens (tertiary/aromatic N) is 2. The Labute approximate surface area is 164 Å². The maximum Gasteiger partial charge on any atom is 0.314 e. The van der Waals surface area contributed by atoms with Gasteiger partial charge >= 0.3 is 6.03 Å². The van der Waals surface area contributed by atoms with Crippen molar-refractivity contribution in [2.45, 2.75) is 40.5 Å². The molecule has 1 fully saturated rings. The number of carbonyl (C=O) groups is 2. The van der Waals surface area contributed by atoms with E-state index in [0.29, 0.717) is 49.1 Å². The zero-order valence-corrected chi connectivity index (χ0v) is 17.8. The Morgan fingerprint density at radius 1 is 1.19 bits per heavy atom. The first-order valence-electron chi connectivity index (χ1n) is 10.5. The largest absolute Gasteiger partial charge is 0.340 e. The molecule has 0 aromatic heterocycles. The van der Waals surface area contributed by atoms with Gasteiger partial charge in [-0.1, -0.05) is 25.5 Å². The molecule has 2 rings (SSSR count). The van der Waals surface area contributed by atoms with Crippen LogP contribution in [0.3, 0.4) is 0 Å². The second kappa shape index (κ2) is 10.1. The van der Waals surface area contributed by atoms with Gasteiger partial charge in [0.25, 0.3) is 0 Å². The van der Waals surface area contributed by atoms with E-state index < -0.39 is 0 Å². The number of piperazine rings is 1. The second-order valence-corrected chi connectivity index (χ2v) is 8.54. The standard InChI is InChI=1S/C21H38N4O2/c1-6-22-21(27)23-14-18-11-16(4)17(12-19(18)15(2)3)13-20(26)25-9-7-24(5)8-10-25/h11,15,17-19H,6-10,12-14H2,1-5H3,(H2,22,23,27). The average Bonchev–Trinajstić information content (AvgIpc) is 2.62. The third-order valence-electron chi connectivity index (χ3n) is 6.20. The lowest BCUT2D eigenvalue weighted by Crippen LogP contribution is -2.47. The van der Waals surface area contributed by atoms with Crippen LogP contribution in [0.5, 0.6) is 0 Å². The molecule has 1 saturated heterocycles. The summed E-state index contributed by atoms with van der Waals surface area (Å²) in [6, 6.07) is -0.0987. The fourth-order valence-electron chi connectivity index (χ4n) is 4.34. The lowest BCUT2D eigenvalue weighted by atomic mass is 9.69. The van der Waals surface area contributed by atoms with E-state index >= 15 is 0 Å². The summed E-state index contributed by atoms with van der Waals surface area (Å²) < 4.78 is 0. The normalized spacial score (nSPS) is 26.7. The molecule has 0 bridgehead atoms. The average molecular weight is 379 g/mol. The molecule has 1 aliphatic carbocycles. The molecule has 3 atom stereocenters. The molecule has 3 amide bonds. The number of rotatable bonds is 6.